The third-order valence-corrected chi connectivity index (χ3v) is 22.2. The smallest absolute Gasteiger partial charge is 1.00 e. The predicted octanol–water partition coefficient (Wildman–Crippen LogP) is 21.0. The molecule has 0 fully saturated rings. The van der Waals surface area contributed by atoms with Gasteiger partial charge in [0.25, 0.3) is 6.47 Å². The van der Waals surface area contributed by atoms with E-state index in [2.05, 4.69) is 82.5 Å². The van der Waals surface area contributed by atoms with Gasteiger partial charge in [-0.3, -0.25) is 9.59 Å². The molecule has 0 saturated carbocycles. The Balaban J connectivity index is -0.000000185. The molecule has 0 aliphatic rings. The minimum Gasteiger partial charge on any atom is -1.00 e. The van der Waals surface area contributed by atoms with Crippen LogP contribution in [0.1, 0.15) is 177 Å². The second-order valence-electron chi connectivity index (χ2n) is 30.1. The average Bonchev–Trinajstić information content (AvgIpc) is 0.856. The number of aromatic hydroxyl groups is 1. The number of methoxy groups -OCH3 is 1. The minimum absolute atomic E-state index is 0. The van der Waals surface area contributed by atoms with Crippen molar-refractivity contribution in [1.29, 1.82) is 0 Å². The van der Waals surface area contributed by atoms with Crippen molar-refractivity contribution in [3.63, 3.8) is 0 Å². The number of thioether (sulfide) groups is 3. The van der Waals surface area contributed by atoms with Crippen molar-refractivity contribution in [2.45, 2.75) is 203 Å². The summed E-state index contributed by atoms with van der Waals surface area (Å²) in [4.78, 5) is 102. The number of esters is 1. The molecule has 7 rings (SSSR count). The number of phenols is 1. The number of aryl methyl sites for hydroxylation is 4. The average molecular weight is 2490 g/mol. The number of alkyl halides is 14. The van der Waals surface area contributed by atoms with Crippen LogP contribution >= 0.6 is 106 Å². The third kappa shape index (κ3) is 84.1. The molecule has 0 saturated heterocycles. The Kier molecular flexibility index (Phi) is 106. The van der Waals surface area contributed by atoms with Crippen molar-refractivity contribution >= 4 is 149 Å². The Hall–Kier alpha value is -6.09. The molecule has 810 valence electrons. The van der Waals surface area contributed by atoms with Crippen LogP contribution in [0.4, 0.5) is 39.5 Å². The maximum atomic E-state index is 12.7. The standard InChI is InChI=1S/C23H27F3O2S.C21H23F3O2S.C16H23ClOS.C10H12O2S.C9H16O2.C7H5F3O.C6H10Cl2.C6H12O2.CH2Cl2.CH2O3.4CO2.2Cs.H/c1-5-12-27-22-11-10-21(13-17(22)4)29-15-18(16(2)3)14-28-20-8-6-19(7-9-20)23(24,25)26;1-14(2)16(13-27-19-9-10-20(25-4)15(3)11-19)12-26-18-7-5-17(6-8-18)21(22,23)24;1-5-8-18-16-7-6-15(9-13(16)4)19-11-14(10-17)12(2)3;1-7-5-9(13)3-4-10(7)12-6-8(2)11;1-5-8(7(3)4)9(10)11-6-2;8-7(9,10)5-1-3-6(11)4-2-5;2*1-5(2)6(3-7)4-8;2-1-3;2-1-4-3;4*2-1-3;;;/h6-11,13H,5,12,14-15H2,1-4H3;5-11H,12-13H2,1-4H3;6-7,9H,5,8,10-11H2,1-4H3;3-5,13H,6H2,1-2H3;5-6H2,1-4H3;1-4,11H;3-4H2,1-2H3;7-8H,3-4H2,1-2H3;1H2;1,3H;;;;;;;/q;;;;;;;;;;;;;;2*+1;-1/p-1. The summed E-state index contributed by atoms with van der Waals surface area (Å²) in [6.07, 6.45) is -9.24. The van der Waals surface area contributed by atoms with Crippen LogP contribution < -0.4 is 171 Å². The molecule has 43 heteroatoms. The first-order valence-electron chi connectivity index (χ1n) is 43.3. The number of allylic oxidation sites excluding steroid dienone is 7. The maximum absolute atomic E-state index is 12.7. The minimum atomic E-state index is -4.34. The van der Waals surface area contributed by atoms with Gasteiger partial charge in [0.2, 0.25) is 0 Å². The first-order chi connectivity index (χ1) is 68.1. The van der Waals surface area contributed by atoms with Gasteiger partial charge in [0.05, 0.1) is 62.2 Å². The first kappa shape index (κ1) is 159. The number of hydrogen-bond donors (Lipinski definition) is 4. The molecule has 0 radical (unpaired) electrons. The zero-order chi connectivity index (χ0) is 113. The molecule has 0 bridgehead atoms. The zero-order valence-electron chi connectivity index (χ0n) is 88.1. The largest absolute Gasteiger partial charge is 1.00 e. The van der Waals surface area contributed by atoms with Gasteiger partial charge in [-0.05, 0) is 340 Å². The zero-order valence-corrected chi connectivity index (χ0v) is 107. The van der Waals surface area contributed by atoms with Crippen LogP contribution in [0, 0.1) is 27.7 Å². The van der Waals surface area contributed by atoms with Crippen molar-refractivity contribution in [3.05, 3.63) is 251 Å². The summed E-state index contributed by atoms with van der Waals surface area (Å²) in [5.74, 6) is 8.22. The number of hydrogen-bond acceptors (Lipinski definition) is 27. The van der Waals surface area contributed by atoms with Crippen LogP contribution in [0.15, 0.2) is 232 Å². The summed E-state index contributed by atoms with van der Waals surface area (Å²) < 4.78 is 150. The van der Waals surface area contributed by atoms with Gasteiger partial charge in [-0.1, -0.05) is 54.2 Å². The number of thiol groups is 1. The van der Waals surface area contributed by atoms with Crippen LogP contribution in [0.3, 0.4) is 0 Å². The number of phenolic OH excluding ortho intramolecular Hbond substituents is 1. The van der Waals surface area contributed by atoms with E-state index in [4.69, 9.17) is 155 Å². The van der Waals surface area contributed by atoms with E-state index in [1.165, 1.54) is 58.4 Å². The molecule has 7 aromatic carbocycles. The number of carbonyl (C=O) groups excluding carboxylic acids is 11. The van der Waals surface area contributed by atoms with Crippen LogP contribution in [-0.4, -0.2) is 158 Å². The summed E-state index contributed by atoms with van der Waals surface area (Å²) in [6, 6.07) is 37.3. The van der Waals surface area contributed by atoms with E-state index in [0.717, 1.165) is 191 Å². The predicted molar refractivity (Wildman–Crippen MR) is 554 cm³/mol. The molecule has 3 N–H and O–H groups in total. The molecule has 0 aliphatic heterocycles. The van der Waals surface area contributed by atoms with Gasteiger partial charge in [0, 0.05) is 60.1 Å². The topological polar surface area (TPSA) is 345 Å². The molecular formula is C104H132Cl5Cs2F9O23S4. The fraction of sp³-hybridized carbons (Fsp3) is 0.413. The Morgan fingerprint density at radius 2 is 0.707 bits per heavy atom. The summed E-state index contributed by atoms with van der Waals surface area (Å²) in [6.45, 7) is 43.9. The third-order valence-electron chi connectivity index (χ3n) is 17.7. The molecule has 0 amide bonds. The molecular weight excluding hydrogens is 2360 g/mol. The van der Waals surface area contributed by atoms with Gasteiger partial charge in [-0.25, -0.2) is 4.79 Å². The molecule has 0 aromatic heterocycles. The molecule has 147 heavy (non-hydrogen) atoms. The van der Waals surface area contributed by atoms with Crippen molar-refractivity contribution in [1.82, 2.24) is 0 Å². The van der Waals surface area contributed by atoms with Gasteiger partial charge in [0.15, 0.2) is 5.78 Å². The van der Waals surface area contributed by atoms with Crippen LogP contribution in [0.25, 0.3) is 0 Å². The van der Waals surface area contributed by atoms with Crippen molar-refractivity contribution < 1.29 is 290 Å². The monoisotopic (exact) mass is 2490 g/mol. The normalized spacial score (nSPS) is 9.50. The molecule has 23 nitrogen and oxygen atoms in total. The Morgan fingerprint density at radius 1 is 0.422 bits per heavy atom. The first-order valence-corrected chi connectivity index (χ1v) is 49.4. The number of benzene rings is 7. The van der Waals surface area contributed by atoms with E-state index in [9.17, 15) is 49.1 Å². The van der Waals surface area contributed by atoms with E-state index in [1.54, 1.807) is 30.6 Å². The van der Waals surface area contributed by atoms with E-state index in [0.29, 0.717) is 61.1 Å². The molecule has 0 unspecified atom stereocenters. The number of carbonyl (C=O) groups is 3. The summed E-state index contributed by atoms with van der Waals surface area (Å²) in [5, 5.41) is 34.2. The van der Waals surface area contributed by atoms with Gasteiger partial charge in [0.1, 0.15) is 60.1 Å². The van der Waals surface area contributed by atoms with E-state index in [-0.39, 0.29) is 213 Å². The summed E-state index contributed by atoms with van der Waals surface area (Å²) in [5.41, 5.74) is 15.3. The number of halogens is 14. The Bertz CT molecular complexity index is 5060. The van der Waals surface area contributed by atoms with Gasteiger partial charge in [-0.15, -0.1) is 106 Å². The van der Waals surface area contributed by atoms with E-state index in [1.807, 2.05) is 158 Å². The molecule has 0 spiro atoms. The van der Waals surface area contributed by atoms with E-state index >= 15 is 0 Å². The number of aliphatic hydroxyl groups is 2. The number of ketones is 1. The van der Waals surface area contributed by atoms with Crippen molar-refractivity contribution in [2.75, 3.05) is 100 Å². The van der Waals surface area contributed by atoms with Crippen molar-refractivity contribution in [2.24, 2.45) is 0 Å². The fourth-order valence-electron chi connectivity index (χ4n) is 9.64. The molecule has 7 aromatic rings. The molecule has 0 heterocycles. The van der Waals surface area contributed by atoms with Gasteiger partial charge < -0.3 is 60.0 Å². The van der Waals surface area contributed by atoms with Gasteiger partial charge in [-0.2, -0.15) is 77.9 Å². The van der Waals surface area contributed by atoms with E-state index < -0.39 is 35.2 Å². The second-order valence-corrected chi connectivity index (χ2v) is 35.3. The molecule has 0 aliphatic carbocycles. The van der Waals surface area contributed by atoms with Crippen molar-refractivity contribution in [3.8, 4) is 40.2 Å². The SMILES string of the molecule is CC(=O)COc1ccc(S)cc1C.CC(C)=C(CCl)CCl.CC(C)=C(CO)CO.CCCOc1ccc(SCC(CCl)=C(C)C)cc1C.CCCOc1ccc(SCC(COc2ccc(C(F)(F)F)cc2)=C(C)C)cc1C.CCOC(=O)C(CC)=C(C)C.COc1ccc(SCC(COc2ccc(C(F)(F)F)cc2)=C(C)C)cc1C.ClCCl.O=C=O.O=C=O.O=C=O.O=C=O.O=CO[O-].Oc1ccc(C(F)(F)F)cc1.[Cs+].[Cs+].[H-]. The molecule has 0 atom stereocenters. The van der Waals surface area contributed by atoms with Crippen LogP contribution in [0.5, 0.6) is 40.2 Å². The Labute approximate surface area is 1020 Å². The summed E-state index contributed by atoms with van der Waals surface area (Å²) in [7, 11) is 1.65. The number of rotatable bonds is 34. The maximum Gasteiger partial charge on any atom is 1.00 e. The number of aliphatic hydroxyl groups excluding tert-OH is 2. The fourth-order valence-corrected chi connectivity index (χ4v) is 14.6. The van der Waals surface area contributed by atoms with Crippen LogP contribution in [0.2, 0.25) is 0 Å². The number of Topliss-reactive ketones (excluding diaryl/α,β-unsaturated/α-hetero) is 1. The second kappa shape index (κ2) is 98.1. The Morgan fingerprint density at radius 3 is 0.932 bits per heavy atom. The summed E-state index contributed by atoms with van der Waals surface area (Å²) >= 11 is 35.9. The van der Waals surface area contributed by atoms with Gasteiger partial charge >= 0.3 is 187 Å². The quantitative estimate of drug-likeness (QED) is 0.00278. The number of ether oxygens (including phenoxy) is 7. The van der Waals surface area contributed by atoms with Crippen LogP contribution in [-0.2, 0) is 80.9 Å².